The van der Waals surface area contributed by atoms with Gasteiger partial charge in [-0.3, -0.25) is 4.90 Å². The molecule has 0 saturated carbocycles. The molecule has 96 valence electrons. The minimum Gasteiger partial charge on any atom is -0.305 e. The average molecular weight is 303 g/mol. The number of hydrogen-bond donors (Lipinski definition) is 0. The van der Waals surface area contributed by atoms with E-state index in [0.717, 1.165) is 6.54 Å². The molecule has 0 aliphatic carbocycles. The lowest BCUT2D eigenvalue weighted by Crippen LogP contribution is -2.38. The van der Waals surface area contributed by atoms with E-state index in [-0.39, 0.29) is 6.54 Å². The summed E-state index contributed by atoms with van der Waals surface area (Å²) >= 11 is 2.70. The van der Waals surface area contributed by atoms with Gasteiger partial charge in [0.2, 0.25) is 0 Å². The highest BCUT2D eigenvalue weighted by Gasteiger charge is 2.41. The number of rotatable bonds is 3. The first-order valence-corrected chi connectivity index (χ1v) is 6.23. The monoisotopic (exact) mass is 302 g/mol. The Labute approximate surface area is 103 Å². The summed E-state index contributed by atoms with van der Waals surface area (Å²) in [4.78, 5) is 2.54. The van der Waals surface area contributed by atoms with Gasteiger partial charge in [0.05, 0.1) is 0 Å². The SMILES string of the molecule is CC1CN(CC(Br)C(F)(F)F)CC1N(C)C. The van der Waals surface area contributed by atoms with E-state index < -0.39 is 11.0 Å². The molecule has 0 radical (unpaired) electrons. The van der Waals surface area contributed by atoms with Gasteiger partial charge < -0.3 is 4.90 Å². The molecule has 1 aliphatic rings. The van der Waals surface area contributed by atoms with Crippen LogP contribution in [0.3, 0.4) is 0 Å². The van der Waals surface area contributed by atoms with Gasteiger partial charge in [-0.05, 0) is 20.0 Å². The van der Waals surface area contributed by atoms with Crippen molar-refractivity contribution >= 4 is 15.9 Å². The first kappa shape index (κ1) is 14.3. The van der Waals surface area contributed by atoms with E-state index in [2.05, 4.69) is 27.8 Å². The van der Waals surface area contributed by atoms with Crippen molar-refractivity contribution < 1.29 is 13.2 Å². The summed E-state index contributed by atoms with van der Waals surface area (Å²) in [5, 5.41) is 0. The lowest BCUT2D eigenvalue weighted by Gasteiger charge is -2.23. The van der Waals surface area contributed by atoms with Crippen LogP contribution in [0.15, 0.2) is 0 Å². The van der Waals surface area contributed by atoms with Crippen LogP contribution in [0.4, 0.5) is 13.2 Å². The maximum Gasteiger partial charge on any atom is 0.402 e. The van der Waals surface area contributed by atoms with Gasteiger partial charge in [0.1, 0.15) is 4.83 Å². The summed E-state index contributed by atoms with van der Waals surface area (Å²) < 4.78 is 37.1. The molecule has 0 spiro atoms. The van der Waals surface area contributed by atoms with E-state index in [0.29, 0.717) is 18.5 Å². The minimum atomic E-state index is -4.15. The Morgan fingerprint density at radius 2 is 1.94 bits per heavy atom. The smallest absolute Gasteiger partial charge is 0.305 e. The predicted octanol–water partition coefficient (Wildman–Crippen LogP) is 2.19. The second-order valence-electron chi connectivity index (χ2n) is 4.74. The number of likely N-dealkylation sites (N-methyl/N-ethyl adjacent to an activating group) is 1. The van der Waals surface area contributed by atoms with Crippen LogP contribution in [0.1, 0.15) is 6.92 Å². The van der Waals surface area contributed by atoms with Gasteiger partial charge in [0.25, 0.3) is 0 Å². The van der Waals surface area contributed by atoms with Crippen LogP contribution in [-0.2, 0) is 0 Å². The fraction of sp³-hybridized carbons (Fsp3) is 1.00. The summed E-state index contributed by atoms with van der Waals surface area (Å²) in [7, 11) is 3.94. The third-order valence-electron chi connectivity index (χ3n) is 3.09. The number of halogens is 4. The Bertz CT molecular complexity index is 233. The molecule has 1 heterocycles. The van der Waals surface area contributed by atoms with Crippen molar-refractivity contribution in [3.05, 3.63) is 0 Å². The molecule has 1 aliphatic heterocycles. The van der Waals surface area contributed by atoms with Gasteiger partial charge in [-0.25, -0.2) is 0 Å². The van der Waals surface area contributed by atoms with Crippen molar-refractivity contribution in [2.75, 3.05) is 33.7 Å². The normalized spacial score (nSPS) is 30.0. The van der Waals surface area contributed by atoms with E-state index in [9.17, 15) is 13.2 Å². The zero-order valence-corrected chi connectivity index (χ0v) is 11.3. The van der Waals surface area contributed by atoms with Crippen LogP contribution in [0.25, 0.3) is 0 Å². The van der Waals surface area contributed by atoms with Crippen molar-refractivity contribution in [2.24, 2.45) is 5.92 Å². The van der Waals surface area contributed by atoms with E-state index in [1.54, 1.807) is 0 Å². The highest BCUT2D eigenvalue weighted by Crippen LogP contribution is 2.29. The predicted molar refractivity (Wildman–Crippen MR) is 61.8 cm³/mol. The summed E-state index contributed by atoms with van der Waals surface area (Å²) in [6.45, 7) is 3.58. The van der Waals surface area contributed by atoms with Gasteiger partial charge in [0, 0.05) is 25.7 Å². The molecule has 3 unspecified atom stereocenters. The lowest BCUT2D eigenvalue weighted by atomic mass is 10.1. The Morgan fingerprint density at radius 3 is 2.31 bits per heavy atom. The molecular formula is C10H18BrF3N2. The van der Waals surface area contributed by atoms with E-state index >= 15 is 0 Å². The molecule has 0 aromatic carbocycles. The molecule has 0 N–H and O–H groups in total. The molecule has 0 aromatic rings. The topological polar surface area (TPSA) is 6.48 Å². The standard InChI is InChI=1S/C10H18BrF3N2/c1-7-4-16(5-8(7)15(2)3)6-9(11)10(12,13)14/h7-9H,4-6H2,1-3H3. The Hall–Kier alpha value is 0.190. The van der Waals surface area contributed by atoms with E-state index in [1.165, 1.54) is 0 Å². The molecule has 2 nitrogen and oxygen atoms in total. The number of likely N-dealkylation sites (tertiary alicyclic amines) is 1. The fourth-order valence-corrected chi connectivity index (χ4v) is 2.61. The third-order valence-corrected chi connectivity index (χ3v) is 3.89. The van der Waals surface area contributed by atoms with Crippen LogP contribution in [0, 0.1) is 5.92 Å². The highest BCUT2D eigenvalue weighted by atomic mass is 79.9. The summed E-state index contributed by atoms with van der Waals surface area (Å²) in [6.07, 6.45) is -4.15. The number of hydrogen-bond acceptors (Lipinski definition) is 2. The average Bonchev–Trinajstić information content (AvgIpc) is 2.45. The largest absolute Gasteiger partial charge is 0.402 e. The first-order valence-electron chi connectivity index (χ1n) is 5.31. The van der Waals surface area contributed by atoms with Crippen molar-refractivity contribution in [3.63, 3.8) is 0 Å². The molecule has 0 aromatic heterocycles. The van der Waals surface area contributed by atoms with Gasteiger partial charge in [-0.15, -0.1) is 0 Å². The molecule has 0 amide bonds. The van der Waals surface area contributed by atoms with Crippen molar-refractivity contribution in [2.45, 2.75) is 24.0 Å². The molecule has 1 rings (SSSR count). The molecule has 1 fully saturated rings. The number of nitrogens with zero attached hydrogens (tertiary/aromatic N) is 2. The fourth-order valence-electron chi connectivity index (χ4n) is 2.20. The van der Waals surface area contributed by atoms with Gasteiger partial charge in [-0.2, -0.15) is 13.2 Å². The summed E-state index contributed by atoms with van der Waals surface area (Å²) in [5.41, 5.74) is 0. The minimum absolute atomic E-state index is 0.0399. The first-order chi connectivity index (χ1) is 7.21. The van der Waals surface area contributed by atoms with E-state index in [1.807, 2.05) is 19.0 Å². The van der Waals surface area contributed by atoms with Gasteiger partial charge >= 0.3 is 6.18 Å². The molecular weight excluding hydrogens is 285 g/mol. The highest BCUT2D eigenvalue weighted by molar-refractivity contribution is 9.09. The molecule has 6 heteroatoms. The van der Waals surface area contributed by atoms with Crippen LogP contribution in [-0.4, -0.2) is 60.6 Å². The van der Waals surface area contributed by atoms with Crippen LogP contribution in [0.2, 0.25) is 0 Å². The Morgan fingerprint density at radius 1 is 1.38 bits per heavy atom. The zero-order chi connectivity index (χ0) is 12.5. The second-order valence-corrected chi connectivity index (χ2v) is 5.84. The van der Waals surface area contributed by atoms with E-state index in [4.69, 9.17) is 0 Å². The molecule has 0 bridgehead atoms. The Kier molecular flexibility index (Phi) is 4.66. The van der Waals surface area contributed by atoms with Crippen molar-refractivity contribution in [1.29, 1.82) is 0 Å². The van der Waals surface area contributed by atoms with Crippen LogP contribution in [0.5, 0.6) is 0 Å². The Balaban J connectivity index is 2.47. The van der Waals surface area contributed by atoms with Gasteiger partial charge in [-0.1, -0.05) is 22.9 Å². The summed E-state index contributed by atoms with van der Waals surface area (Å²) in [6, 6.07) is 0.355. The lowest BCUT2D eigenvalue weighted by molar-refractivity contribution is -0.130. The third kappa shape index (κ3) is 3.60. The van der Waals surface area contributed by atoms with Crippen molar-refractivity contribution in [3.8, 4) is 0 Å². The van der Waals surface area contributed by atoms with Crippen LogP contribution < -0.4 is 0 Å². The maximum absolute atomic E-state index is 12.4. The molecule has 1 saturated heterocycles. The van der Waals surface area contributed by atoms with Gasteiger partial charge in [0.15, 0.2) is 0 Å². The van der Waals surface area contributed by atoms with Crippen LogP contribution >= 0.6 is 15.9 Å². The quantitative estimate of drug-likeness (QED) is 0.738. The second kappa shape index (κ2) is 5.23. The molecule has 3 atom stereocenters. The number of alkyl halides is 4. The maximum atomic E-state index is 12.4. The zero-order valence-electron chi connectivity index (χ0n) is 9.76. The summed E-state index contributed by atoms with van der Waals surface area (Å²) in [5.74, 6) is 0.419. The molecule has 16 heavy (non-hydrogen) atoms. The van der Waals surface area contributed by atoms with Crippen molar-refractivity contribution in [1.82, 2.24) is 9.80 Å².